The average molecular weight is 370 g/mol. The molecule has 1 heterocycles. The summed E-state index contributed by atoms with van der Waals surface area (Å²) in [5.41, 5.74) is 2.44. The largest absolute Gasteiger partial charge is 0.296 e. The molecule has 0 spiro atoms. The number of para-hydroxylation sites is 1. The third-order valence-corrected chi connectivity index (χ3v) is 4.14. The number of anilines is 1. The van der Waals surface area contributed by atoms with Crippen molar-refractivity contribution in [3.63, 3.8) is 0 Å². The van der Waals surface area contributed by atoms with E-state index in [9.17, 15) is 4.79 Å². The number of nitrogens with zero attached hydrogens (tertiary/aromatic N) is 3. The van der Waals surface area contributed by atoms with Crippen LogP contribution in [0.25, 0.3) is 6.08 Å². The van der Waals surface area contributed by atoms with E-state index in [0.717, 1.165) is 15.7 Å². The van der Waals surface area contributed by atoms with Crippen LogP contribution in [0.1, 0.15) is 12.5 Å². The summed E-state index contributed by atoms with van der Waals surface area (Å²) in [5.74, 6) is 0.414. The molecule has 0 atom stereocenters. The monoisotopic (exact) mass is 369 g/mol. The molecule has 0 N–H and O–H groups in total. The molecule has 23 heavy (non-hydrogen) atoms. The number of hydrazine groups is 1. The van der Waals surface area contributed by atoms with Gasteiger partial charge in [-0.2, -0.15) is 4.99 Å². The lowest BCUT2D eigenvalue weighted by atomic mass is 10.1. The Hall–Kier alpha value is -2.40. The zero-order chi connectivity index (χ0) is 16.4. The fourth-order valence-electron chi connectivity index (χ4n) is 2.52. The molecule has 0 fully saturated rings. The predicted molar refractivity (Wildman–Crippen MR) is 96.9 cm³/mol. The number of amidine groups is 1. The maximum atomic E-state index is 12.3. The maximum absolute atomic E-state index is 12.3. The van der Waals surface area contributed by atoms with Crippen molar-refractivity contribution in [2.75, 3.05) is 12.1 Å². The highest BCUT2D eigenvalue weighted by Gasteiger charge is 2.27. The van der Waals surface area contributed by atoms with Crippen LogP contribution in [0, 0.1) is 0 Å². The van der Waals surface area contributed by atoms with E-state index in [1.54, 1.807) is 0 Å². The summed E-state index contributed by atoms with van der Waals surface area (Å²) in [6.07, 6.45) is 1.85. The minimum atomic E-state index is -0.236. The lowest BCUT2D eigenvalue weighted by molar-refractivity contribution is -0.116. The minimum Gasteiger partial charge on any atom is -0.277 e. The topological polar surface area (TPSA) is 35.9 Å². The molecule has 2 aromatic rings. The summed E-state index contributed by atoms with van der Waals surface area (Å²) >= 11 is 3.41. The first-order chi connectivity index (χ1) is 11.1. The summed E-state index contributed by atoms with van der Waals surface area (Å²) in [6, 6.07) is 17.7. The Kier molecular flexibility index (Phi) is 4.30. The van der Waals surface area contributed by atoms with Gasteiger partial charge in [0.2, 0.25) is 0 Å². The second-order valence-corrected chi connectivity index (χ2v) is 6.13. The van der Waals surface area contributed by atoms with Crippen molar-refractivity contribution in [1.82, 2.24) is 5.01 Å². The molecule has 0 unspecified atom stereocenters. The number of likely N-dealkylation sites (N-methyl/N-ethyl adjacent to an activating group) is 1. The Morgan fingerprint density at radius 2 is 1.70 bits per heavy atom. The van der Waals surface area contributed by atoms with Crippen molar-refractivity contribution >= 4 is 39.4 Å². The number of amides is 1. The molecule has 0 aliphatic carbocycles. The lowest BCUT2D eigenvalue weighted by Gasteiger charge is -2.38. The van der Waals surface area contributed by atoms with Gasteiger partial charge in [0.25, 0.3) is 5.91 Å². The van der Waals surface area contributed by atoms with Crippen molar-refractivity contribution < 1.29 is 4.79 Å². The number of hydrogen-bond donors (Lipinski definition) is 0. The van der Waals surface area contributed by atoms with Gasteiger partial charge in [-0.1, -0.05) is 46.3 Å². The van der Waals surface area contributed by atoms with E-state index in [2.05, 4.69) is 20.9 Å². The van der Waals surface area contributed by atoms with Crippen LogP contribution >= 0.6 is 15.9 Å². The van der Waals surface area contributed by atoms with Crippen molar-refractivity contribution in [3.8, 4) is 0 Å². The zero-order valence-corrected chi connectivity index (χ0v) is 14.5. The van der Waals surface area contributed by atoms with Crippen LogP contribution in [0.2, 0.25) is 0 Å². The van der Waals surface area contributed by atoms with Gasteiger partial charge in [-0.05, 0) is 42.8 Å². The Labute approximate surface area is 143 Å². The summed E-state index contributed by atoms with van der Waals surface area (Å²) in [6.45, 7) is 1.83. The Bertz CT molecular complexity index is 782. The van der Waals surface area contributed by atoms with E-state index in [-0.39, 0.29) is 5.91 Å². The van der Waals surface area contributed by atoms with E-state index < -0.39 is 0 Å². The molecular formula is C18H16BrN3O. The van der Waals surface area contributed by atoms with Crippen molar-refractivity contribution in [2.45, 2.75) is 6.92 Å². The van der Waals surface area contributed by atoms with Crippen molar-refractivity contribution in [3.05, 3.63) is 70.3 Å². The quantitative estimate of drug-likeness (QED) is 0.747. The van der Waals surface area contributed by atoms with Gasteiger partial charge in [-0.15, -0.1) is 0 Å². The first-order valence-electron chi connectivity index (χ1n) is 7.22. The van der Waals surface area contributed by atoms with E-state index in [1.165, 1.54) is 0 Å². The van der Waals surface area contributed by atoms with Crippen LogP contribution in [-0.4, -0.2) is 23.8 Å². The average Bonchev–Trinajstić information content (AvgIpc) is 2.54. The van der Waals surface area contributed by atoms with E-state index in [4.69, 9.17) is 0 Å². The van der Waals surface area contributed by atoms with Gasteiger partial charge in [0.1, 0.15) is 11.5 Å². The zero-order valence-electron chi connectivity index (χ0n) is 12.9. The molecule has 1 amide bonds. The number of aliphatic imine (C=N–C) groups is 1. The van der Waals surface area contributed by atoms with Gasteiger partial charge >= 0.3 is 0 Å². The van der Waals surface area contributed by atoms with Crippen LogP contribution < -0.4 is 5.01 Å². The molecule has 1 aliphatic heterocycles. The van der Waals surface area contributed by atoms with Crippen LogP contribution in [0.4, 0.5) is 5.69 Å². The van der Waals surface area contributed by atoms with E-state index in [1.807, 2.05) is 84.7 Å². The van der Waals surface area contributed by atoms with Gasteiger partial charge in [-0.3, -0.25) is 9.80 Å². The molecule has 1 aliphatic rings. The van der Waals surface area contributed by atoms with Gasteiger partial charge in [0.15, 0.2) is 0 Å². The fourth-order valence-corrected chi connectivity index (χ4v) is 2.78. The lowest BCUT2D eigenvalue weighted by Crippen LogP contribution is -2.48. The fraction of sp³-hybridized carbons (Fsp3) is 0.111. The SMILES string of the molecule is CC1=NC(=O)/C(=C\c2ccc(Br)cc2)N(C)N1c1ccccc1. The minimum absolute atomic E-state index is 0.236. The number of carbonyl (C=O) groups is 1. The van der Waals surface area contributed by atoms with Gasteiger partial charge in [0.05, 0.1) is 5.69 Å². The van der Waals surface area contributed by atoms with Crippen LogP contribution in [0.3, 0.4) is 0 Å². The van der Waals surface area contributed by atoms with Crippen LogP contribution in [-0.2, 0) is 4.79 Å². The predicted octanol–water partition coefficient (Wildman–Crippen LogP) is 4.10. The van der Waals surface area contributed by atoms with Crippen molar-refractivity contribution in [1.29, 1.82) is 0 Å². The number of halogens is 1. The standard InChI is InChI=1S/C18H16BrN3O/c1-13-20-18(23)17(12-14-8-10-15(19)11-9-14)21(2)22(13)16-6-4-3-5-7-16/h3-12H,1-2H3/b17-12+. The third kappa shape index (κ3) is 3.19. The second-order valence-electron chi connectivity index (χ2n) is 5.22. The smallest absolute Gasteiger partial charge is 0.277 e. The highest BCUT2D eigenvalue weighted by molar-refractivity contribution is 9.10. The molecule has 2 aromatic carbocycles. The number of hydrogen-bond acceptors (Lipinski definition) is 3. The van der Waals surface area contributed by atoms with E-state index in [0.29, 0.717) is 11.5 Å². The number of carbonyl (C=O) groups excluding carboxylic acids is 1. The molecule has 5 heteroatoms. The van der Waals surface area contributed by atoms with Crippen molar-refractivity contribution in [2.24, 2.45) is 4.99 Å². The Balaban J connectivity index is 2.02. The molecular weight excluding hydrogens is 354 g/mol. The Morgan fingerprint density at radius 1 is 1.04 bits per heavy atom. The summed E-state index contributed by atoms with van der Waals surface area (Å²) in [7, 11) is 1.87. The van der Waals surface area contributed by atoms with Gasteiger partial charge in [-0.25, -0.2) is 5.01 Å². The first kappa shape index (κ1) is 15.5. The normalized spacial score (nSPS) is 16.7. The number of rotatable bonds is 2. The number of benzene rings is 2. The van der Waals surface area contributed by atoms with Gasteiger partial charge < -0.3 is 0 Å². The molecule has 0 saturated heterocycles. The van der Waals surface area contributed by atoms with Gasteiger partial charge in [0, 0.05) is 11.5 Å². The molecule has 0 saturated carbocycles. The summed E-state index contributed by atoms with van der Waals surface area (Å²) in [4.78, 5) is 16.5. The Morgan fingerprint density at radius 3 is 2.35 bits per heavy atom. The molecule has 4 nitrogen and oxygen atoms in total. The molecule has 0 aromatic heterocycles. The molecule has 3 rings (SSSR count). The highest BCUT2D eigenvalue weighted by Crippen LogP contribution is 2.25. The first-order valence-corrected chi connectivity index (χ1v) is 8.01. The van der Waals surface area contributed by atoms with Crippen LogP contribution in [0.5, 0.6) is 0 Å². The van der Waals surface area contributed by atoms with E-state index >= 15 is 0 Å². The summed E-state index contributed by atoms with van der Waals surface area (Å²) in [5, 5.41) is 3.76. The summed E-state index contributed by atoms with van der Waals surface area (Å²) < 4.78 is 1.00. The molecule has 0 radical (unpaired) electrons. The maximum Gasteiger partial charge on any atom is 0.296 e. The second kappa shape index (κ2) is 6.38. The van der Waals surface area contributed by atoms with Crippen LogP contribution in [0.15, 0.2) is 69.8 Å². The molecule has 116 valence electrons. The highest BCUT2D eigenvalue weighted by atomic mass is 79.9. The molecule has 0 bridgehead atoms. The third-order valence-electron chi connectivity index (χ3n) is 3.61.